The monoisotopic (exact) mass is 383 g/mol. The quantitative estimate of drug-likeness (QED) is 0.788. The van der Waals surface area contributed by atoms with Gasteiger partial charge >= 0.3 is 18.4 Å². The average molecular weight is 383 g/mol. The predicted octanol–water partition coefficient (Wildman–Crippen LogP) is 2.81. The van der Waals surface area contributed by atoms with Crippen LogP contribution in [0.3, 0.4) is 0 Å². The number of carbonyl (C=O) groups is 2. The number of halogens is 6. The van der Waals surface area contributed by atoms with E-state index in [-0.39, 0.29) is 12.1 Å². The van der Waals surface area contributed by atoms with Gasteiger partial charge in [-0.25, -0.2) is 4.79 Å². The molecular formula is C15H15F6N3O2. The van der Waals surface area contributed by atoms with Gasteiger partial charge in [0.25, 0.3) is 5.91 Å². The molecule has 1 aliphatic heterocycles. The topological polar surface area (TPSA) is 75.4 Å². The fourth-order valence-electron chi connectivity index (χ4n) is 2.74. The molecule has 1 aromatic rings. The molecule has 1 aliphatic rings. The number of amides is 3. The number of benzene rings is 1. The lowest BCUT2D eigenvalue weighted by atomic mass is 9.85. The number of urea groups is 1. The highest BCUT2D eigenvalue weighted by atomic mass is 19.4. The molecule has 0 unspecified atom stereocenters. The molecule has 1 heterocycles. The molecule has 1 fully saturated rings. The smallest absolute Gasteiger partial charge is 0.352 e. The van der Waals surface area contributed by atoms with E-state index in [1.165, 1.54) is 24.3 Å². The Kier molecular flexibility index (Phi) is 5.11. The Hall–Kier alpha value is -2.46. The minimum absolute atomic E-state index is 0.0482. The molecule has 0 saturated carbocycles. The molecule has 0 atom stereocenters. The highest BCUT2D eigenvalue weighted by Gasteiger charge is 2.72. The number of primary amides is 1. The number of hydrogen-bond donors (Lipinski definition) is 2. The Balaban J connectivity index is 2.15. The number of nitrogens with zero attached hydrogens (tertiary/aromatic N) is 1. The number of carbonyl (C=O) groups excluding carboxylic acids is 2. The molecule has 3 amide bonds. The lowest BCUT2D eigenvalue weighted by molar-refractivity contribution is -0.334. The molecule has 0 aromatic heterocycles. The van der Waals surface area contributed by atoms with Crippen molar-refractivity contribution in [1.82, 2.24) is 10.2 Å². The molecule has 2 rings (SSSR count). The first-order valence-corrected chi connectivity index (χ1v) is 7.42. The molecular weight excluding hydrogens is 368 g/mol. The standard InChI is InChI=1S/C15H15F6N3O2/c16-14(17,18)13(15(19,20)21)5-6-24(8-13)11(25)10-3-1-9(2-4-10)7-23-12(22)26/h1-4H,5-8H2,(H3,22,23,26). The summed E-state index contributed by atoms with van der Waals surface area (Å²) in [7, 11) is 0. The SMILES string of the molecule is NC(=O)NCc1ccc(C(=O)N2CCC(C(F)(F)F)(C(F)(F)F)C2)cc1. The van der Waals surface area contributed by atoms with E-state index in [1.807, 2.05) is 0 Å². The Morgan fingerprint density at radius 2 is 1.62 bits per heavy atom. The van der Waals surface area contributed by atoms with Gasteiger partial charge in [0, 0.05) is 25.2 Å². The van der Waals surface area contributed by atoms with Crippen LogP contribution in [-0.4, -0.2) is 42.3 Å². The van der Waals surface area contributed by atoms with Crippen LogP contribution >= 0.6 is 0 Å². The molecule has 0 radical (unpaired) electrons. The molecule has 1 aromatic carbocycles. The van der Waals surface area contributed by atoms with Crippen molar-refractivity contribution in [3.8, 4) is 0 Å². The first-order chi connectivity index (χ1) is 11.9. The van der Waals surface area contributed by atoms with Crippen molar-refractivity contribution in [2.45, 2.75) is 25.3 Å². The summed E-state index contributed by atoms with van der Waals surface area (Å²) in [5.74, 6) is -0.921. The van der Waals surface area contributed by atoms with Crippen LogP contribution < -0.4 is 11.1 Å². The number of likely N-dealkylation sites (tertiary alicyclic amines) is 1. The summed E-state index contributed by atoms with van der Waals surface area (Å²) in [6.07, 6.45) is -12.2. The zero-order valence-electron chi connectivity index (χ0n) is 13.2. The molecule has 0 aliphatic carbocycles. The molecule has 0 spiro atoms. The Morgan fingerprint density at radius 1 is 1.08 bits per heavy atom. The van der Waals surface area contributed by atoms with Crippen molar-refractivity contribution >= 4 is 11.9 Å². The third-order valence-electron chi connectivity index (χ3n) is 4.31. The molecule has 11 heteroatoms. The van der Waals surface area contributed by atoms with Gasteiger partial charge in [0.15, 0.2) is 5.41 Å². The maximum absolute atomic E-state index is 13.1. The van der Waals surface area contributed by atoms with Crippen molar-refractivity contribution in [2.24, 2.45) is 11.1 Å². The molecule has 26 heavy (non-hydrogen) atoms. The summed E-state index contributed by atoms with van der Waals surface area (Å²) in [5, 5.41) is 2.30. The van der Waals surface area contributed by atoms with E-state index in [0.29, 0.717) is 10.5 Å². The fourth-order valence-corrected chi connectivity index (χ4v) is 2.74. The van der Waals surface area contributed by atoms with Crippen molar-refractivity contribution < 1.29 is 35.9 Å². The summed E-state index contributed by atoms with van der Waals surface area (Å²) in [6, 6.07) is 4.60. The Morgan fingerprint density at radius 3 is 2.04 bits per heavy atom. The second kappa shape index (κ2) is 6.69. The van der Waals surface area contributed by atoms with Gasteiger partial charge in [-0.05, 0) is 24.1 Å². The highest BCUT2D eigenvalue weighted by molar-refractivity contribution is 5.94. The number of alkyl halides is 6. The first kappa shape index (κ1) is 19.9. The van der Waals surface area contributed by atoms with E-state index >= 15 is 0 Å². The third-order valence-corrected chi connectivity index (χ3v) is 4.31. The lowest BCUT2D eigenvalue weighted by Crippen LogP contribution is -2.52. The van der Waals surface area contributed by atoms with Crippen molar-refractivity contribution in [3.63, 3.8) is 0 Å². The summed E-state index contributed by atoms with van der Waals surface area (Å²) >= 11 is 0. The zero-order valence-corrected chi connectivity index (χ0v) is 13.2. The van der Waals surface area contributed by atoms with Crippen LogP contribution in [0.15, 0.2) is 24.3 Å². The number of rotatable bonds is 3. The van der Waals surface area contributed by atoms with Gasteiger partial charge in [0.1, 0.15) is 0 Å². The van der Waals surface area contributed by atoms with Crippen molar-refractivity contribution in [1.29, 1.82) is 0 Å². The second-order valence-corrected chi connectivity index (χ2v) is 5.97. The van der Waals surface area contributed by atoms with Gasteiger partial charge in [0.2, 0.25) is 0 Å². The minimum atomic E-state index is -5.51. The van der Waals surface area contributed by atoms with Gasteiger partial charge < -0.3 is 16.0 Å². The van der Waals surface area contributed by atoms with Gasteiger partial charge in [-0.2, -0.15) is 26.3 Å². The first-order valence-electron chi connectivity index (χ1n) is 7.42. The molecule has 3 N–H and O–H groups in total. The number of nitrogens with two attached hydrogens (primary N) is 1. The lowest BCUT2D eigenvalue weighted by Gasteiger charge is -2.33. The summed E-state index contributed by atoms with van der Waals surface area (Å²) < 4.78 is 78.3. The Bertz CT molecular complexity index is 670. The van der Waals surface area contributed by atoms with Crippen LogP contribution in [0.4, 0.5) is 31.1 Å². The van der Waals surface area contributed by atoms with E-state index in [4.69, 9.17) is 5.73 Å². The van der Waals surface area contributed by atoms with Crippen molar-refractivity contribution in [3.05, 3.63) is 35.4 Å². The summed E-state index contributed by atoms with van der Waals surface area (Å²) in [5.41, 5.74) is 1.50. The minimum Gasteiger partial charge on any atom is -0.352 e. The van der Waals surface area contributed by atoms with Crippen LogP contribution in [0.5, 0.6) is 0 Å². The maximum atomic E-state index is 13.1. The van der Waals surface area contributed by atoms with Crippen LogP contribution in [0.1, 0.15) is 22.3 Å². The van der Waals surface area contributed by atoms with E-state index in [1.54, 1.807) is 0 Å². The summed E-state index contributed by atoms with van der Waals surface area (Å²) in [6.45, 7) is -2.05. The van der Waals surface area contributed by atoms with Crippen molar-refractivity contribution in [2.75, 3.05) is 13.1 Å². The van der Waals surface area contributed by atoms with Gasteiger partial charge in [-0.3, -0.25) is 4.79 Å². The highest BCUT2D eigenvalue weighted by Crippen LogP contribution is 2.55. The van der Waals surface area contributed by atoms with E-state index in [2.05, 4.69) is 5.32 Å². The molecule has 5 nitrogen and oxygen atoms in total. The largest absolute Gasteiger partial charge is 0.404 e. The van der Waals surface area contributed by atoms with Crippen LogP contribution in [0.25, 0.3) is 0 Å². The zero-order chi connectivity index (χ0) is 19.8. The normalized spacial score (nSPS) is 17.2. The second-order valence-electron chi connectivity index (χ2n) is 5.97. The van der Waals surface area contributed by atoms with E-state index < -0.39 is 49.2 Å². The van der Waals surface area contributed by atoms with Crippen LogP contribution in [0.2, 0.25) is 0 Å². The van der Waals surface area contributed by atoms with Gasteiger partial charge in [-0.15, -0.1) is 0 Å². The third kappa shape index (κ3) is 3.70. The predicted molar refractivity (Wildman–Crippen MR) is 77.9 cm³/mol. The van der Waals surface area contributed by atoms with E-state index in [0.717, 1.165) is 0 Å². The molecule has 0 bridgehead atoms. The van der Waals surface area contributed by atoms with Gasteiger partial charge in [0.05, 0.1) is 0 Å². The van der Waals surface area contributed by atoms with Crippen LogP contribution in [-0.2, 0) is 6.54 Å². The molecule has 144 valence electrons. The van der Waals surface area contributed by atoms with Crippen LogP contribution in [0, 0.1) is 5.41 Å². The fraction of sp³-hybridized carbons (Fsp3) is 0.467. The molecule has 1 saturated heterocycles. The van der Waals surface area contributed by atoms with Gasteiger partial charge in [-0.1, -0.05) is 12.1 Å². The number of hydrogen-bond acceptors (Lipinski definition) is 2. The maximum Gasteiger partial charge on any atom is 0.404 e. The Labute approximate surface area is 144 Å². The number of nitrogens with one attached hydrogen (secondary N) is 1. The summed E-state index contributed by atoms with van der Waals surface area (Å²) in [4.78, 5) is 23.4. The van der Waals surface area contributed by atoms with E-state index in [9.17, 15) is 35.9 Å². The average Bonchev–Trinajstić information content (AvgIpc) is 2.99.